The van der Waals surface area contributed by atoms with Gasteiger partial charge in [0, 0.05) is 6.07 Å². The van der Waals surface area contributed by atoms with Gasteiger partial charge < -0.3 is 14.7 Å². The molecule has 0 bridgehead atoms. The maximum absolute atomic E-state index is 12.1. The van der Waals surface area contributed by atoms with E-state index < -0.39 is 5.54 Å². The van der Waals surface area contributed by atoms with Gasteiger partial charge in [-0.3, -0.25) is 4.79 Å². The second kappa shape index (κ2) is 4.26. The number of fused-ring (bicyclic) bond motifs is 1. The van der Waals surface area contributed by atoms with Gasteiger partial charge >= 0.3 is 0 Å². The molecule has 0 unspecified atom stereocenters. The number of para-hydroxylation sites is 1. The smallest absolute Gasteiger partial charge is 0.293 e. The Bertz CT molecular complexity index is 877. The molecule has 4 rings (SSSR count). The van der Waals surface area contributed by atoms with E-state index in [0.29, 0.717) is 16.8 Å². The molecule has 1 fully saturated rings. The monoisotopic (exact) mass is 283 g/mol. The molecule has 1 saturated carbocycles. The predicted octanol–water partition coefficient (Wildman–Crippen LogP) is 2.18. The number of benzene rings is 1. The van der Waals surface area contributed by atoms with E-state index in [2.05, 4.69) is 10.1 Å². The molecule has 0 aliphatic heterocycles. The van der Waals surface area contributed by atoms with Crippen LogP contribution in [0.1, 0.15) is 25.1 Å². The average Bonchev–Trinajstić information content (AvgIpc) is 2.95. The third-order valence-corrected chi connectivity index (χ3v) is 3.96. The molecule has 6 nitrogen and oxygen atoms in total. The summed E-state index contributed by atoms with van der Waals surface area (Å²) in [5.74, 6) is 0.921. The molecular formula is C15H13N3O3. The van der Waals surface area contributed by atoms with Crippen molar-refractivity contribution in [2.45, 2.75) is 24.8 Å². The van der Waals surface area contributed by atoms with Crippen LogP contribution in [0.2, 0.25) is 0 Å². The lowest BCUT2D eigenvalue weighted by Crippen LogP contribution is -2.44. The summed E-state index contributed by atoms with van der Waals surface area (Å²) in [5, 5.41) is 4.45. The minimum Gasteiger partial charge on any atom is -0.451 e. The summed E-state index contributed by atoms with van der Waals surface area (Å²) in [6.45, 7) is 0. The van der Waals surface area contributed by atoms with Crippen LogP contribution in [-0.2, 0) is 5.54 Å². The summed E-state index contributed by atoms with van der Waals surface area (Å²) in [6.07, 6.45) is 2.74. The molecular weight excluding hydrogens is 270 g/mol. The van der Waals surface area contributed by atoms with Crippen LogP contribution in [0, 0.1) is 0 Å². The molecule has 0 radical (unpaired) electrons. The first-order valence-electron chi connectivity index (χ1n) is 6.82. The molecule has 0 spiro atoms. The van der Waals surface area contributed by atoms with Gasteiger partial charge in [-0.25, -0.2) is 0 Å². The van der Waals surface area contributed by atoms with Gasteiger partial charge in [-0.05, 0) is 31.4 Å². The lowest BCUT2D eigenvalue weighted by atomic mass is 9.77. The topological polar surface area (TPSA) is 95.2 Å². The Labute approximate surface area is 119 Å². The number of rotatable bonds is 2. The number of aromatic nitrogens is 2. The van der Waals surface area contributed by atoms with Gasteiger partial charge in [0.25, 0.3) is 5.89 Å². The highest BCUT2D eigenvalue weighted by atomic mass is 16.5. The van der Waals surface area contributed by atoms with Crippen molar-refractivity contribution >= 4 is 11.0 Å². The summed E-state index contributed by atoms with van der Waals surface area (Å²) < 4.78 is 10.9. The van der Waals surface area contributed by atoms with E-state index in [1.54, 1.807) is 24.3 Å². The van der Waals surface area contributed by atoms with Crippen LogP contribution in [0.4, 0.5) is 0 Å². The molecule has 6 heteroatoms. The van der Waals surface area contributed by atoms with Crippen molar-refractivity contribution in [2.75, 3.05) is 0 Å². The van der Waals surface area contributed by atoms with Gasteiger partial charge in [-0.15, -0.1) is 0 Å². The van der Waals surface area contributed by atoms with Crippen LogP contribution in [0.15, 0.2) is 44.1 Å². The van der Waals surface area contributed by atoms with E-state index in [1.807, 2.05) is 0 Å². The Morgan fingerprint density at radius 2 is 2.05 bits per heavy atom. The number of hydrogen-bond donors (Lipinski definition) is 1. The number of nitrogens with two attached hydrogens (primary N) is 1. The average molecular weight is 283 g/mol. The van der Waals surface area contributed by atoms with Crippen molar-refractivity contribution in [3.63, 3.8) is 0 Å². The number of nitrogens with zero attached hydrogens (tertiary/aromatic N) is 2. The fraction of sp³-hybridized carbons (Fsp3) is 0.267. The highest BCUT2D eigenvalue weighted by Gasteiger charge is 2.39. The SMILES string of the molecule is NC1(c2noc(-c3cc(=O)c4ccccc4o3)n2)CCC1. The Morgan fingerprint density at radius 3 is 2.81 bits per heavy atom. The minimum atomic E-state index is -0.501. The second-order valence-electron chi connectivity index (χ2n) is 5.40. The Hall–Kier alpha value is -2.47. The maximum Gasteiger partial charge on any atom is 0.293 e. The number of hydrogen-bond acceptors (Lipinski definition) is 6. The fourth-order valence-electron chi connectivity index (χ4n) is 2.52. The van der Waals surface area contributed by atoms with Gasteiger partial charge in [0.1, 0.15) is 5.58 Å². The Balaban J connectivity index is 1.82. The predicted molar refractivity (Wildman–Crippen MR) is 75.5 cm³/mol. The third-order valence-electron chi connectivity index (χ3n) is 3.96. The quantitative estimate of drug-likeness (QED) is 0.774. The molecule has 2 heterocycles. The van der Waals surface area contributed by atoms with Gasteiger partial charge in [0.05, 0.1) is 10.9 Å². The van der Waals surface area contributed by atoms with Crippen LogP contribution in [-0.4, -0.2) is 10.1 Å². The highest BCUT2D eigenvalue weighted by molar-refractivity contribution is 5.77. The standard InChI is InChI=1S/C15H13N3O3/c16-15(6-3-7-15)14-17-13(21-18-14)12-8-10(19)9-4-1-2-5-11(9)20-12/h1-2,4-5,8H,3,6-7,16H2. The van der Waals surface area contributed by atoms with Crippen molar-refractivity contribution in [3.8, 4) is 11.7 Å². The first-order chi connectivity index (χ1) is 10.2. The van der Waals surface area contributed by atoms with Crippen molar-refractivity contribution in [1.82, 2.24) is 10.1 Å². The van der Waals surface area contributed by atoms with E-state index in [4.69, 9.17) is 14.7 Å². The zero-order chi connectivity index (χ0) is 14.4. The van der Waals surface area contributed by atoms with Crippen molar-refractivity contribution in [1.29, 1.82) is 0 Å². The maximum atomic E-state index is 12.1. The zero-order valence-corrected chi connectivity index (χ0v) is 11.2. The van der Waals surface area contributed by atoms with E-state index in [-0.39, 0.29) is 17.1 Å². The van der Waals surface area contributed by atoms with Crippen molar-refractivity contribution in [3.05, 3.63) is 46.4 Å². The first kappa shape index (κ1) is 12.3. The molecule has 2 aromatic heterocycles. The zero-order valence-electron chi connectivity index (χ0n) is 11.2. The largest absolute Gasteiger partial charge is 0.451 e. The summed E-state index contributed by atoms with van der Waals surface area (Å²) in [5.41, 5.74) is 6.01. The normalized spacial score (nSPS) is 16.8. The van der Waals surface area contributed by atoms with Crippen LogP contribution >= 0.6 is 0 Å². The van der Waals surface area contributed by atoms with E-state index in [0.717, 1.165) is 19.3 Å². The Kier molecular flexibility index (Phi) is 2.49. The fourth-order valence-corrected chi connectivity index (χ4v) is 2.52. The summed E-state index contributed by atoms with van der Waals surface area (Å²) in [6, 6.07) is 8.40. The van der Waals surface area contributed by atoms with Crippen LogP contribution in [0.5, 0.6) is 0 Å². The van der Waals surface area contributed by atoms with E-state index >= 15 is 0 Å². The Morgan fingerprint density at radius 1 is 1.24 bits per heavy atom. The minimum absolute atomic E-state index is 0.141. The molecule has 2 N–H and O–H groups in total. The van der Waals surface area contributed by atoms with Crippen LogP contribution < -0.4 is 11.2 Å². The van der Waals surface area contributed by atoms with E-state index in [1.165, 1.54) is 6.07 Å². The summed E-state index contributed by atoms with van der Waals surface area (Å²) >= 11 is 0. The molecule has 106 valence electrons. The lowest BCUT2D eigenvalue weighted by Gasteiger charge is -2.34. The summed E-state index contributed by atoms with van der Waals surface area (Å²) in [7, 11) is 0. The molecule has 21 heavy (non-hydrogen) atoms. The van der Waals surface area contributed by atoms with Crippen LogP contribution in [0.3, 0.4) is 0 Å². The molecule has 0 amide bonds. The lowest BCUT2D eigenvalue weighted by molar-refractivity contribution is 0.229. The highest BCUT2D eigenvalue weighted by Crippen LogP contribution is 2.37. The van der Waals surface area contributed by atoms with Crippen LogP contribution in [0.25, 0.3) is 22.6 Å². The molecule has 1 aliphatic carbocycles. The van der Waals surface area contributed by atoms with Crippen molar-refractivity contribution in [2.24, 2.45) is 5.73 Å². The van der Waals surface area contributed by atoms with Gasteiger partial charge in [0.2, 0.25) is 0 Å². The van der Waals surface area contributed by atoms with E-state index in [9.17, 15) is 4.79 Å². The van der Waals surface area contributed by atoms with Crippen molar-refractivity contribution < 1.29 is 8.94 Å². The molecule has 0 saturated heterocycles. The first-order valence-corrected chi connectivity index (χ1v) is 6.82. The molecule has 1 aliphatic rings. The molecule has 0 atom stereocenters. The summed E-state index contributed by atoms with van der Waals surface area (Å²) in [4.78, 5) is 16.4. The third kappa shape index (κ3) is 1.87. The van der Waals surface area contributed by atoms with Gasteiger partial charge in [0.15, 0.2) is 17.0 Å². The molecule has 3 aromatic rings. The van der Waals surface area contributed by atoms with Gasteiger partial charge in [-0.1, -0.05) is 17.3 Å². The second-order valence-corrected chi connectivity index (χ2v) is 5.40. The van der Waals surface area contributed by atoms with Gasteiger partial charge in [-0.2, -0.15) is 4.98 Å². The molecule has 1 aromatic carbocycles.